The molecule has 0 saturated heterocycles. The molecule has 0 aliphatic rings. The van der Waals surface area contributed by atoms with Crippen LogP contribution in [0, 0.1) is 11.3 Å². The Kier molecular flexibility index (Phi) is 11.1. The second-order valence-electron chi connectivity index (χ2n) is 11.7. The summed E-state index contributed by atoms with van der Waals surface area (Å²) in [4.78, 5) is 14.7. The van der Waals surface area contributed by atoms with Crippen LogP contribution in [0.25, 0.3) is 4.91 Å². The average molecular weight is 571 g/mol. The van der Waals surface area contributed by atoms with Gasteiger partial charge < -0.3 is 19.5 Å². The second kappa shape index (κ2) is 13.4. The molecule has 0 fully saturated rings. The highest BCUT2D eigenvalue weighted by molar-refractivity contribution is 8.00. The number of allylic oxidation sites excluding steroid dienone is 1. The number of hydrogen-bond donors (Lipinski definition) is 1. The van der Waals surface area contributed by atoms with Crippen molar-refractivity contribution in [2.24, 2.45) is 0 Å². The van der Waals surface area contributed by atoms with Crippen molar-refractivity contribution in [1.82, 2.24) is 4.90 Å². The number of rotatable bonds is 11. The van der Waals surface area contributed by atoms with Gasteiger partial charge in [-0.3, -0.25) is 4.79 Å². The molecule has 0 spiro atoms. The van der Waals surface area contributed by atoms with Gasteiger partial charge in [0.05, 0.1) is 35.5 Å². The Morgan fingerprint density at radius 1 is 0.925 bits per heavy atom. The number of hydrogen-bond acceptors (Lipinski definition) is 7. The molecule has 9 heteroatoms. The van der Waals surface area contributed by atoms with E-state index in [1.54, 1.807) is 31.3 Å². The SMILES string of the molecule is COCCN(CCOC)C(=O)c1ccc(S(=O)(=O)/C(=C/CC#N)c2cc(C(C)(C)C)c(O)c(C(C)(C)C)c2)cc1. The Balaban J connectivity index is 2.63. The molecule has 0 saturated carbocycles. The number of carbonyl (C=O) groups excluding carboxylic acids is 1. The Morgan fingerprint density at radius 2 is 1.40 bits per heavy atom. The van der Waals surface area contributed by atoms with Gasteiger partial charge in [0, 0.05) is 44.0 Å². The molecule has 1 N–H and O–H groups in total. The van der Waals surface area contributed by atoms with E-state index in [4.69, 9.17) is 9.47 Å². The van der Waals surface area contributed by atoms with Crippen LogP contribution in [-0.4, -0.2) is 64.9 Å². The molecule has 0 aliphatic heterocycles. The molecule has 218 valence electrons. The Hall–Kier alpha value is -3.19. The third-order valence-corrected chi connectivity index (χ3v) is 8.38. The number of amides is 1. The maximum absolute atomic E-state index is 14.0. The van der Waals surface area contributed by atoms with Crippen LogP contribution in [0.3, 0.4) is 0 Å². The van der Waals surface area contributed by atoms with Crippen LogP contribution in [0.15, 0.2) is 47.4 Å². The van der Waals surface area contributed by atoms with Gasteiger partial charge in [0.1, 0.15) is 5.75 Å². The predicted molar refractivity (Wildman–Crippen MR) is 157 cm³/mol. The fraction of sp³-hybridized carbons (Fsp3) is 0.484. The molecular formula is C31H42N2O6S. The zero-order valence-electron chi connectivity index (χ0n) is 24.9. The molecule has 2 aromatic carbocycles. The van der Waals surface area contributed by atoms with Gasteiger partial charge >= 0.3 is 0 Å². The van der Waals surface area contributed by atoms with Crippen LogP contribution in [0.2, 0.25) is 0 Å². The minimum absolute atomic E-state index is 0.00346. The van der Waals surface area contributed by atoms with E-state index >= 15 is 0 Å². The number of nitriles is 1. The van der Waals surface area contributed by atoms with Gasteiger partial charge in [-0.2, -0.15) is 5.26 Å². The van der Waals surface area contributed by atoms with E-state index in [0.29, 0.717) is 48.6 Å². The normalized spacial score (nSPS) is 12.7. The van der Waals surface area contributed by atoms with Crippen LogP contribution in [0.5, 0.6) is 5.75 Å². The van der Waals surface area contributed by atoms with Gasteiger partial charge in [-0.15, -0.1) is 0 Å². The molecule has 0 unspecified atom stereocenters. The Morgan fingerprint density at radius 3 is 1.80 bits per heavy atom. The molecule has 1 amide bonds. The lowest BCUT2D eigenvalue weighted by atomic mass is 9.78. The van der Waals surface area contributed by atoms with E-state index in [-0.39, 0.29) is 27.9 Å². The van der Waals surface area contributed by atoms with Gasteiger partial charge in [-0.05, 0) is 52.8 Å². The van der Waals surface area contributed by atoms with E-state index in [0.717, 1.165) is 0 Å². The van der Waals surface area contributed by atoms with Crippen molar-refractivity contribution >= 4 is 20.6 Å². The van der Waals surface area contributed by atoms with E-state index in [2.05, 4.69) is 0 Å². The van der Waals surface area contributed by atoms with E-state index in [1.165, 1.54) is 30.3 Å². The fourth-order valence-electron chi connectivity index (χ4n) is 4.25. The highest BCUT2D eigenvalue weighted by Crippen LogP contribution is 2.42. The largest absolute Gasteiger partial charge is 0.507 e. The number of phenols is 1. The molecule has 0 aromatic heterocycles. The minimum Gasteiger partial charge on any atom is -0.507 e. The number of carbonyl (C=O) groups is 1. The van der Waals surface area contributed by atoms with Crippen molar-refractivity contribution in [1.29, 1.82) is 5.26 Å². The molecule has 0 heterocycles. The summed E-state index contributed by atoms with van der Waals surface area (Å²) in [5, 5.41) is 20.4. The summed E-state index contributed by atoms with van der Waals surface area (Å²) in [5.41, 5.74) is 1.02. The summed E-state index contributed by atoms with van der Waals surface area (Å²) in [5.74, 6) is -0.128. The lowest BCUT2D eigenvalue weighted by molar-refractivity contribution is 0.0627. The van der Waals surface area contributed by atoms with Crippen molar-refractivity contribution < 1.29 is 27.8 Å². The van der Waals surface area contributed by atoms with Crippen molar-refractivity contribution in [2.45, 2.75) is 63.7 Å². The van der Waals surface area contributed by atoms with Crippen LogP contribution < -0.4 is 0 Å². The summed E-state index contributed by atoms with van der Waals surface area (Å²) >= 11 is 0. The Bertz CT molecular complexity index is 1320. The first-order valence-corrected chi connectivity index (χ1v) is 14.7. The third kappa shape index (κ3) is 7.94. The number of sulfone groups is 1. The first-order chi connectivity index (χ1) is 18.6. The summed E-state index contributed by atoms with van der Waals surface area (Å²) < 4.78 is 38.2. The first-order valence-electron chi connectivity index (χ1n) is 13.2. The number of benzene rings is 2. The number of ether oxygens (including phenoxy) is 2. The minimum atomic E-state index is -4.09. The van der Waals surface area contributed by atoms with Crippen LogP contribution in [0.4, 0.5) is 0 Å². The van der Waals surface area contributed by atoms with Crippen LogP contribution in [-0.2, 0) is 30.1 Å². The predicted octanol–water partition coefficient (Wildman–Crippen LogP) is 5.45. The highest BCUT2D eigenvalue weighted by Gasteiger charge is 2.30. The summed E-state index contributed by atoms with van der Waals surface area (Å²) in [6.07, 6.45) is 1.28. The van der Waals surface area contributed by atoms with Gasteiger partial charge in [0.15, 0.2) is 0 Å². The fourth-order valence-corrected chi connectivity index (χ4v) is 5.72. The molecule has 0 bridgehead atoms. The average Bonchev–Trinajstić information content (AvgIpc) is 2.88. The zero-order valence-corrected chi connectivity index (χ0v) is 25.7. The van der Waals surface area contributed by atoms with E-state index in [1.807, 2.05) is 47.6 Å². The molecule has 40 heavy (non-hydrogen) atoms. The quantitative estimate of drug-likeness (QED) is 0.382. The lowest BCUT2D eigenvalue weighted by Gasteiger charge is -2.28. The smallest absolute Gasteiger partial charge is 0.254 e. The second-order valence-corrected chi connectivity index (χ2v) is 13.6. The van der Waals surface area contributed by atoms with Crippen LogP contribution in [0.1, 0.15) is 75.0 Å². The standard InChI is InChI=1S/C31H42N2O6S/c1-30(2,3)25-20-23(21-26(28(25)34)31(4,5)6)27(10-9-15-32)40(36,37)24-13-11-22(12-14-24)29(35)33(16-18-38-7)17-19-39-8/h10-14,20-21,34H,9,16-19H2,1-8H3/b27-10+. The van der Waals surface area contributed by atoms with Crippen molar-refractivity contribution in [2.75, 3.05) is 40.5 Å². The third-order valence-electron chi connectivity index (χ3n) is 6.51. The molecule has 8 nitrogen and oxygen atoms in total. The molecule has 0 radical (unpaired) electrons. The summed E-state index contributed by atoms with van der Waals surface area (Å²) in [7, 11) is -0.982. The van der Waals surface area contributed by atoms with Gasteiger partial charge in [0.2, 0.25) is 9.84 Å². The maximum atomic E-state index is 14.0. The Labute approximate surface area is 239 Å². The molecule has 2 rings (SSSR count). The van der Waals surface area contributed by atoms with Gasteiger partial charge in [-0.25, -0.2) is 8.42 Å². The number of aromatic hydroxyl groups is 1. The van der Waals surface area contributed by atoms with E-state index in [9.17, 15) is 23.6 Å². The zero-order chi connectivity index (χ0) is 30.3. The van der Waals surface area contributed by atoms with Crippen molar-refractivity contribution in [3.8, 4) is 11.8 Å². The molecule has 0 aliphatic carbocycles. The topological polar surface area (TPSA) is 117 Å². The monoisotopic (exact) mass is 570 g/mol. The summed E-state index contributed by atoms with van der Waals surface area (Å²) in [6, 6.07) is 11.2. The first kappa shape index (κ1) is 33.0. The highest BCUT2D eigenvalue weighted by atomic mass is 32.2. The molecule has 2 aromatic rings. The number of methoxy groups -OCH3 is 2. The number of nitrogens with zero attached hydrogens (tertiary/aromatic N) is 2. The van der Waals surface area contributed by atoms with E-state index < -0.39 is 20.7 Å². The van der Waals surface area contributed by atoms with Crippen molar-refractivity contribution in [3.05, 3.63) is 64.7 Å². The molecular weight excluding hydrogens is 528 g/mol. The van der Waals surface area contributed by atoms with Gasteiger partial charge in [0.25, 0.3) is 5.91 Å². The summed E-state index contributed by atoms with van der Waals surface area (Å²) in [6.45, 7) is 13.1. The maximum Gasteiger partial charge on any atom is 0.254 e. The number of phenolic OH excluding ortho intramolecular Hbond substituents is 1. The van der Waals surface area contributed by atoms with Crippen LogP contribution >= 0.6 is 0 Å². The lowest BCUT2D eigenvalue weighted by Crippen LogP contribution is -2.36. The van der Waals surface area contributed by atoms with Gasteiger partial charge in [-0.1, -0.05) is 47.6 Å². The van der Waals surface area contributed by atoms with Crippen molar-refractivity contribution in [3.63, 3.8) is 0 Å². The molecule has 0 atom stereocenters.